The van der Waals surface area contributed by atoms with E-state index in [9.17, 15) is 14.9 Å². The van der Waals surface area contributed by atoms with Gasteiger partial charge in [-0.2, -0.15) is 10.5 Å². The number of carbonyl (C=O) groups excluding carboxylic acids is 1. The number of nitriles is 2. The van der Waals surface area contributed by atoms with E-state index in [1.807, 2.05) is 11.8 Å². The Hall–Kier alpha value is -5.62. The molecule has 0 unspecified atom stereocenters. The number of ether oxygens (including phenoxy) is 1. The van der Waals surface area contributed by atoms with Crippen LogP contribution < -0.4 is 15.1 Å². The van der Waals surface area contributed by atoms with E-state index in [2.05, 4.69) is 32.9 Å². The molecule has 0 saturated heterocycles. The molecule has 0 fully saturated rings. The van der Waals surface area contributed by atoms with Crippen LogP contribution in [-0.2, 0) is 0 Å². The zero-order valence-electron chi connectivity index (χ0n) is 21.9. The van der Waals surface area contributed by atoms with Crippen molar-refractivity contribution in [2.24, 2.45) is 15.3 Å². The minimum atomic E-state index is -0.540. The fraction of sp³-hybridized carbons (Fsp3) is 0.214. The average Bonchev–Trinajstić information content (AvgIpc) is 2.97. The van der Waals surface area contributed by atoms with Gasteiger partial charge in [-0.15, -0.1) is 15.3 Å². The van der Waals surface area contributed by atoms with Crippen molar-refractivity contribution >= 4 is 28.8 Å². The Balaban J connectivity index is 2.02. The van der Waals surface area contributed by atoms with Gasteiger partial charge in [0.05, 0.1) is 48.3 Å². The van der Waals surface area contributed by atoms with E-state index < -0.39 is 10.8 Å². The van der Waals surface area contributed by atoms with E-state index in [1.165, 1.54) is 25.3 Å². The highest BCUT2D eigenvalue weighted by Crippen LogP contribution is 2.28. The van der Waals surface area contributed by atoms with Crippen molar-refractivity contribution in [1.29, 1.82) is 10.5 Å². The van der Waals surface area contributed by atoms with Crippen LogP contribution in [0.25, 0.3) is 0 Å². The van der Waals surface area contributed by atoms with Gasteiger partial charge in [0.15, 0.2) is 0 Å². The van der Waals surface area contributed by atoms with Crippen molar-refractivity contribution in [1.82, 2.24) is 5.43 Å². The van der Waals surface area contributed by atoms with E-state index in [4.69, 9.17) is 15.3 Å². The Morgan fingerprint density at radius 2 is 1.75 bits per heavy atom. The zero-order valence-corrected chi connectivity index (χ0v) is 21.9. The maximum Gasteiger partial charge on any atom is 0.271 e. The molecule has 3 aromatic carbocycles. The fourth-order valence-corrected chi connectivity index (χ4v) is 3.58. The van der Waals surface area contributed by atoms with Gasteiger partial charge >= 0.3 is 0 Å². The van der Waals surface area contributed by atoms with E-state index in [0.29, 0.717) is 35.7 Å². The van der Waals surface area contributed by atoms with E-state index in [1.54, 1.807) is 48.5 Å². The molecule has 0 radical (unpaired) electrons. The molecule has 0 aromatic heterocycles. The predicted molar refractivity (Wildman–Crippen MR) is 148 cm³/mol. The number of hydrazone groups is 1. The van der Waals surface area contributed by atoms with Crippen molar-refractivity contribution in [3.8, 4) is 17.9 Å². The van der Waals surface area contributed by atoms with Gasteiger partial charge in [-0.1, -0.05) is 23.8 Å². The first kappa shape index (κ1) is 28.9. The first-order valence-corrected chi connectivity index (χ1v) is 12.1. The normalized spacial score (nSPS) is 10.9. The second kappa shape index (κ2) is 14.4. The Labute approximate surface area is 231 Å². The van der Waals surface area contributed by atoms with Crippen LogP contribution in [0.2, 0.25) is 0 Å². The molecule has 0 saturated carbocycles. The van der Waals surface area contributed by atoms with Crippen LogP contribution in [0.15, 0.2) is 82.1 Å². The van der Waals surface area contributed by atoms with Crippen LogP contribution in [0, 0.1) is 39.7 Å². The summed E-state index contributed by atoms with van der Waals surface area (Å²) in [6, 6.07) is 21.9. The number of rotatable bonds is 11. The van der Waals surface area contributed by atoms with Crippen LogP contribution >= 0.6 is 0 Å². The number of nitro groups is 1. The molecule has 0 atom stereocenters. The van der Waals surface area contributed by atoms with Crippen LogP contribution in [0.4, 0.5) is 17.1 Å². The lowest BCUT2D eigenvalue weighted by Crippen LogP contribution is -2.25. The number of hydrogen-bond acceptors (Lipinski definition) is 9. The molecule has 0 spiro atoms. The highest BCUT2D eigenvalue weighted by molar-refractivity contribution is 6.03. The second-order valence-corrected chi connectivity index (χ2v) is 8.41. The van der Waals surface area contributed by atoms with Gasteiger partial charge in [-0.05, 0) is 37.3 Å². The van der Waals surface area contributed by atoms with Crippen molar-refractivity contribution in [2.45, 2.75) is 19.8 Å². The molecule has 202 valence electrons. The monoisotopic (exact) mass is 538 g/mol. The van der Waals surface area contributed by atoms with Gasteiger partial charge in [0.25, 0.3) is 11.6 Å². The molecule has 3 aromatic rings. The van der Waals surface area contributed by atoms with Crippen molar-refractivity contribution in [2.75, 3.05) is 25.1 Å². The molecule has 12 nitrogen and oxygen atoms in total. The summed E-state index contributed by atoms with van der Waals surface area (Å²) in [6.45, 7) is 2.74. The topological polar surface area (TPSA) is 169 Å². The number of amides is 1. The Morgan fingerprint density at radius 1 is 1.05 bits per heavy atom. The lowest BCUT2D eigenvalue weighted by molar-refractivity contribution is -0.384. The number of carbonyl (C=O) groups is 1. The summed E-state index contributed by atoms with van der Waals surface area (Å²) in [6.07, 6.45) is 0.537. The number of benzene rings is 3. The van der Waals surface area contributed by atoms with Crippen molar-refractivity contribution in [3.05, 3.63) is 93.5 Å². The highest BCUT2D eigenvalue weighted by Gasteiger charge is 2.16. The summed E-state index contributed by atoms with van der Waals surface area (Å²) >= 11 is 0. The van der Waals surface area contributed by atoms with Crippen LogP contribution in [-0.4, -0.2) is 36.9 Å². The van der Waals surface area contributed by atoms with Crippen LogP contribution in [0.1, 0.15) is 34.3 Å². The molecule has 0 aliphatic rings. The summed E-state index contributed by atoms with van der Waals surface area (Å²) in [5, 5.41) is 41.7. The SMILES string of the molecule is COc1cc(N(CCC#N)CCC#N)ccc1/C(N=Nc1cccc([N+](=O)[O-])c1)=N\NC(=O)c1ccc(C)cc1. The van der Waals surface area contributed by atoms with Gasteiger partial charge in [0.2, 0.25) is 5.84 Å². The maximum absolute atomic E-state index is 12.7. The second-order valence-electron chi connectivity index (χ2n) is 8.41. The molecule has 0 heterocycles. The van der Waals surface area contributed by atoms with Crippen LogP contribution in [0.3, 0.4) is 0 Å². The third-order valence-corrected chi connectivity index (χ3v) is 5.66. The Kier molecular flexibility index (Phi) is 10.4. The van der Waals surface area contributed by atoms with Gasteiger partial charge in [-0.3, -0.25) is 14.9 Å². The molecule has 0 bridgehead atoms. The van der Waals surface area contributed by atoms with E-state index in [-0.39, 0.29) is 30.1 Å². The Morgan fingerprint density at radius 3 is 2.38 bits per heavy atom. The predicted octanol–water partition coefficient (Wildman–Crippen LogP) is 5.42. The number of hydrogen-bond donors (Lipinski definition) is 1. The number of azo groups is 1. The molecule has 0 aliphatic heterocycles. The number of amidine groups is 1. The number of methoxy groups -OCH3 is 1. The molecule has 1 amide bonds. The standard InChI is InChI=1S/C28H26N8O4/c1-20-8-10-21(11-9-20)28(37)34-33-27(32-31-22-6-3-7-24(18-22)36(38)39)25-13-12-23(19-26(25)40-2)35(16-4-14-29)17-5-15-30/h3,6-13,18-19H,4-5,16-17H2,1-2H3,(H,34,37)/b32-31?,33-27+. The molecule has 1 N–H and O–H groups in total. The lowest BCUT2D eigenvalue weighted by atomic mass is 10.1. The first-order chi connectivity index (χ1) is 19.4. The maximum atomic E-state index is 12.7. The minimum Gasteiger partial charge on any atom is -0.496 e. The quantitative estimate of drug-likeness (QED) is 0.112. The van der Waals surface area contributed by atoms with Crippen LogP contribution in [0.5, 0.6) is 5.75 Å². The number of non-ortho nitro benzene ring substituents is 1. The van der Waals surface area contributed by atoms with Gasteiger partial charge < -0.3 is 9.64 Å². The van der Waals surface area contributed by atoms with Crippen molar-refractivity contribution in [3.63, 3.8) is 0 Å². The van der Waals surface area contributed by atoms with E-state index >= 15 is 0 Å². The summed E-state index contributed by atoms with van der Waals surface area (Å²) < 4.78 is 5.59. The lowest BCUT2D eigenvalue weighted by Gasteiger charge is -2.23. The summed E-state index contributed by atoms with van der Waals surface area (Å²) in [5.41, 5.74) is 5.01. The molecule has 12 heteroatoms. The first-order valence-electron chi connectivity index (χ1n) is 12.1. The smallest absolute Gasteiger partial charge is 0.271 e. The average molecular weight is 539 g/mol. The van der Waals surface area contributed by atoms with Gasteiger partial charge in [0.1, 0.15) is 5.75 Å². The van der Waals surface area contributed by atoms with Gasteiger partial charge in [0, 0.05) is 42.5 Å². The highest BCUT2D eigenvalue weighted by atomic mass is 16.6. The van der Waals surface area contributed by atoms with Crippen molar-refractivity contribution < 1.29 is 14.5 Å². The fourth-order valence-electron chi connectivity index (χ4n) is 3.58. The number of nitrogens with zero attached hydrogens (tertiary/aromatic N) is 7. The molecule has 3 rings (SSSR count). The molecular weight excluding hydrogens is 512 g/mol. The summed E-state index contributed by atoms with van der Waals surface area (Å²) in [7, 11) is 1.46. The third-order valence-electron chi connectivity index (χ3n) is 5.66. The number of anilines is 1. The number of nitrogens with one attached hydrogen (secondary N) is 1. The molecule has 40 heavy (non-hydrogen) atoms. The molecular formula is C28H26N8O4. The molecule has 0 aliphatic carbocycles. The minimum absolute atomic E-state index is 0.0176. The van der Waals surface area contributed by atoms with Gasteiger partial charge in [-0.25, -0.2) is 5.43 Å². The largest absolute Gasteiger partial charge is 0.496 e. The summed E-state index contributed by atoms with van der Waals surface area (Å²) in [4.78, 5) is 25.2. The third kappa shape index (κ3) is 7.94. The summed E-state index contributed by atoms with van der Waals surface area (Å²) in [5.74, 6) is -0.147. The Bertz CT molecular complexity index is 1490. The number of nitro benzene ring substituents is 1. The number of aryl methyl sites for hydroxylation is 1. The zero-order chi connectivity index (χ0) is 28.9. The van der Waals surface area contributed by atoms with E-state index in [0.717, 1.165) is 5.56 Å².